The fraction of sp³-hybridized carbons (Fsp3) is 0.465. The number of piperidine rings is 1. The van der Waals surface area contributed by atoms with Crippen molar-refractivity contribution in [3.63, 3.8) is 0 Å². The quantitative estimate of drug-likeness (QED) is 0.131. The van der Waals surface area contributed by atoms with Gasteiger partial charge in [-0.25, -0.2) is 26.7 Å². The van der Waals surface area contributed by atoms with E-state index in [4.69, 9.17) is 25.0 Å². The van der Waals surface area contributed by atoms with Crippen LogP contribution in [0.1, 0.15) is 61.7 Å². The molecule has 0 spiro atoms. The Balaban J connectivity index is 1.23. The maximum absolute atomic E-state index is 17.6. The van der Waals surface area contributed by atoms with Crippen LogP contribution in [0.15, 0.2) is 37.9 Å². The number of piperazine rings is 1. The fourth-order valence-corrected chi connectivity index (χ4v) is 10.3. The van der Waals surface area contributed by atoms with Crippen molar-refractivity contribution in [2.75, 3.05) is 38.2 Å². The van der Waals surface area contributed by atoms with Gasteiger partial charge in [0.2, 0.25) is 6.43 Å². The summed E-state index contributed by atoms with van der Waals surface area (Å²) in [6.45, 7) is 4.80. The van der Waals surface area contributed by atoms with Crippen LogP contribution >= 0.6 is 0 Å². The number of benzene rings is 3. The van der Waals surface area contributed by atoms with E-state index in [1.165, 1.54) is 12.1 Å². The third-order valence-corrected chi connectivity index (χ3v) is 13.0. The second-order valence-electron chi connectivity index (χ2n) is 16.6. The topological polar surface area (TPSA) is 108 Å². The third-order valence-electron chi connectivity index (χ3n) is 13.0. The van der Waals surface area contributed by atoms with Crippen LogP contribution in [-0.4, -0.2) is 82.7 Å². The molecule has 0 unspecified atom stereocenters. The minimum atomic E-state index is -2.60. The summed E-state index contributed by atoms with van der Waals surface area (Å²) in [7, 11) is 1.86. The summed E-state index contributed by atoms with van der Waals surface area (Å²) in [6.07, 6.45) is 6.29. The van der Waals surface area contributed by atoms with Gasteiger partial charge in [-0.3, -0.25) is 4.90 Å². The molecule has 3 saturated heterocycles. The van der Waals surface area contributed by atoms with Crippen LogP contribution in [0.2, 0.25) is 0 Å². The molecule has 5 atom stereocenters. The molecule has 2 bridgehead atoms. The number of terminal acetylenes is 1. The van der Waals surface area contributed by atoms with Gasteiger partial charge >= 0.3 is 11.8 Å². The zero-order valence-electron chi connectivity index (χ0n) is 32.3. The highest BCUT2D eigenvalue weighted by Crippen LogP contribution is 2.48. The Morgan fingerprint density at radius 2 is 1.88 bits per heavy atom. The van der Waals surface area contributed by atoms with E-state index in [-0.39, 0.29) is 93.5 Å². The first-order valence-corrected chi connectivity index (χ1v) is 19.6. The number of halogens is 5. The molecule has 6 heterocycles. The molecular formula is C43H42F5N5O5. The van der Waals surface area contributed by atoms with E-state index < -0.39 is 46.6 Å². The number of hydrogen-bond donors (Lipinski definition) is 1. The van der Waals surface area contributed by atoms with Crippen molar-refractivity contribution in [1.82, 2.24) is 19.8 Å². The van der Waals surface area contributed by atoms with E-state index in [1.54, 1.807) is 13.8 Å². The Morgan fingerprint density at radius 1 is 1.07 bits per heavy atom. The number of anilines is 1. The normalized spacial score (nSPS) is 24.9. The number of phenols is 1. The summed E-state index contributed by atoms with van der Waals surface area (Å²) in [5.41, 5.74) is -2.04. The molecule has 0 aliphatic carbocycles. The zero-order chi connectivity index (χ0) is 40.8. The van der Waals surface area contributed by atoms with Gasteiger partial charge in [-0.2, -0.15) is 9.97 Å². The van der Waals surface area contributed by atoms with Crippen molar-refractivity contribution >= 4 is 27.5 Å². The number of aromatic nitrogens is 2. The SMILES string of the molecule is C#Cc1c(F)ccc2cc(O)cc(-c3c(F)c4c5c(nc(OC[C@]6(C)CN(C)CC[C@@H]6C(F)F)nc5c3F)N3C[C@H]5CC[C@@H]([C@H]3CCC4)N5Cc3oc(=O)oc3C)c12. The van der Waals surface area contributed by atoms with E-state index in [0.717, 1.165) is 25.0 Å². The molecule has 0 radical (unpaired) electrons. The largest absolute Gasteiger partial charge is 0.519 e. The molecule has 3 aromatic carbocycles. The number of rotatable bonds is 7. The average Bonchev–Trinajstić information content (AvgIpc) is 3.64. The van der Waals surface area contributed by atoms with Crippen molar-refractivity contribution < 1.29 is 40.6 Å². The van der Waals surface area contributed by atoms with Crippen LogP contribution in [0.25, 0.3) is 32.8 Å². The Morgan fingerprint density at radius 3 is 2.62 bits per heavy atom. The Kier molecular flexibility index (Phi) is 9.43. The molecule has 15 heteroatoms. The van der Waals surface area contributed by atoms with Crippen LogP contribution in [0.3, 0.4) is 0 Å². The number of aromatic hydroxyl groups is 1. The van der Waals surface area contributed by atoms with Crippen molar-refractivity contribution in [3.8, 4) is 35.2 Å². The molecular weight excluding hydrogens is 761 g/mol. The van der Waals surface area contributed by atoms with Gasteiger partial charge in [0.05, 0.1) is 29.7 Å². The van der Waals surface area contributed by atoms with Crippen molar-refractivity contribution in [2.45, 2.75) is 83.5 Å². The van der Waals surface area contributed by atoms with Gasteiger partial charge in [0, 0.05) is 59.1 Å². The number of fused-ring (bicyclic) bond motifs is 6. The first-order valence-electron chi connectivity index (χ1n) is 19.6. The second kappa shape index (κ2) is 14.3. The van der Waals surface area contributed by atoms with Gasteiger partial charge in [-0.05, 0) is 82.6 Å². The molecule has 58 heavy (non-hydrogen) atoms. The number of hydrogen-bond acceptors (Lipinski definition) is 10. The van der Waals surface area contributed by atoms with Gasteiger partial charge in [0.15, 0.2) is 11.6 Å². The smallest absolute Gasteiger partial charge is 0.508 e. The van der Waals surface area contributed by atoms with Gasteiger partial charge in [0.1, 0.15) is 34.5 Å². The van der Waals surface area contributed by atoms with E-state index >= 15 is 13.2 Å². The lowest BCUT2D eigenvalue weighted by Gasteiger charge is -2.48. The molecule has 4 aliphatic rings. The summed E-state index contributed by atoms with van der Waals surface area (Å²) in [6, 6.07) is 4.49. The van der Waals surface area contributed by atoms with Gasteiger partial charge < -0.3 is 28.5 Å². The molecule has 10 nitrogen and oxygen atoms in total. The lowest BCUT2D eigenvalue weighted by Crippen LogP contribution is -2.60. The first-order chi connectivity index (χ1) is 27.8. The van der Waals surface area contributed by atoms with Crippen molar-refractivity contribution in [3.05, 3.63) is 75.0 Å². The minimum absolute atomic E-state index is 0.0394. The number of alkyl halides is 2. The van der Waals surface area contributed by atoms with Crippen LogP contribution in [0, 0.1) is 48.1 Å². The molecule has 9 rings (SSSR count). The van der Waals surface area contributed by atoms with Crippen LogP contribution < -0.4 is 15.5 Å². The number of phenolic OH excluding ortho intramolecular Hbond substituents is 1. The number of nitrogens with zero attached hydrogens (tertiary/aromatic N) is 5. The van der Waals surface area contributed by atoms with Crippen LogP contribution in [-0.2, 0) is 13.0 Å². The maximum atomic E-state index is 17.6. The van der Waals surface area contributed by atoms with Crippen LogP contribution in [0.5, 0.6) is 11.8 Å². The van der Waals surface area contributed by atoms with Gasteiger partial charge in [-0.15, -0.1) is 6.42 Å². The lowest BCUT2D eigenvalue weighted by molar-refractivity contribution is -0.0679. The molecule has 1 N–H and O–H groups in total. The molecule has 0 saturated carbocycles. The Bertz CT molecular complexity index is 2570. The van der Waals surface area contributed by atoms with E-state index in [2.05, 4.69) is 20.7 Å². The first kappa shape index (κ1) is 38.3. The molecule has 4 aliphatic heterocycles. The van der Waals surface area contributed by atoms with E-state index in [1.807, 2.05) is 11.9 Å². The summed E-state index contributed by atoms with van der Waals surface area (Å²) < 4.78 is 95.8. The summed E-state index contributed by atoms with van der Waals surface area (Å²) >= 11 is 0. The van der Waals surface area contributed by atoms with Crippen LogP contribution in [0.4, 0.5) is 27.8 Å². The molecule has 0 amide bonds. The molecule has 304 valence electrons. The zero-order valence-corrected chi connectivity index (χ0v) is 32.3. The number of ether oxygens (including phenoxy) is 1. The highest BCUT2D eigenvalue weighted by molar-refractivity contribution is 6.05. The summed E-state index contributed by atoms with van der Waals surface area (Å²) in [5.74, 6) is -1.41. The monoisotopic (exact) mass is 803 g/mol. The Hall–Kier alpha value is -5.20. The maximum Gasteiger partial charge on any atom is 0.519 e. The molecule has 5 aromatic rings. The van der Waals surface area contributed by atoms with Gasteiger partial charge in [-0.1, -0.05) is 18.9 Å². The predicted molar refractivity (Wildman–Crippen MR) is 206 cm³/mol. The third kappa shape index (κ3) is 6.18. The molecule has 2 aromatic heterocycles. The van der Waals surface area contributed by atoms with Crippen molar-refractivity contribution in [2.24, 2.45) is 11.3 Å². The van der Waals surface area contributed by atoms with Gasteiger partial charge in [0.25, 0.3) is 0 Å². The second-order valence-corrected chi connectivity index (χ2v) is 16.6. The van der Waals surface area contributed by atoms with E-state index in [0.29, 0.717) is 50.5 Å². The standard InChI is InChI=1S/C43H42F5N5O5/c1-5-25-29(44)11-9-22-15-24(54)16-27(33(22)25)34-36(45)26-7-6-8-30-31-12-10-23(52(31)18-32-21(2)57-42(55)58-32)17-53(30)40-35(26)38(37(34)46)49-41(50-40)56-20-43(3)19-51(4)14-13-28(43)39(47)48/h1,9,11,15-16,23,28,30-31,39,54H,6-8,10,12-14,17-20H2,2-4H3/t23-,28-,30-,31+,43+/m1/s1. The highest BCUT2D eigenvalue weighted by Gasteiger charge is 2.49. The van der Waals surface area contributed by atoms with Crippen molar-refractivity contribution in [1.29, 1.82) is 0 Å². The minimum Gasteiger partial charge on any atom is -0.508 e. The predicted octanol–water partition coefficient (Wildman–Crippen LogP) is 7.57. The average molecular weight is 804 g/mol. The summed E-state index contributed by atoms with van der Waals surface area (Å²) in [4.78, 5) is 27.7. The lowest BCUT2D eigenvalue weighted by atomic mass is 9.73. The number of likely N-dealkylation sites (tertiary alicyclic amines) is 1. The number of aryl methyl sites for hydroxylation is 2. The highest BCUT2D eigenvalue weighted by atomic mass is 19.3. The fourth-order valence-electron chi connectivity index (χ4n) is 10.3. The van der Waals surface area contributed by atoms with E-state index in [9.17, 15) is 18.7 Å². The Labute approximate surface area is 330 Å². The summed E-state index contributed by atoms with van der Waals surface area (Å²) in [5, 5.41) is 11.3. The molecule has 3 fully saturated rings.